The van der Waals surface area contributed by atoms with Gasteiger partial charge in [0, 0.05) is 59.5 Å². The third kappa shape index (κ3) is 5.32. The molecular formula is C52H33NOS. The molecule has 258 valence electrons. The average molecular weight is 720 g/mol. The van der Waals surface area contributed by atoms with Crippen molar-refractivity contribution >= 4 is 81.3 Å². The van der Waals surface area contributed by atoms with Crippen LogP contribution in [0.1, 0.15) is 0 Å². The van der Waals surface area contributed by atoms with Crippen LogP contribution in [0.5, 0.6) is 0 Å². The standard InChI is InChI=1S/C52H33NOS/c1-3-11-34(12-4-1)36-19-21-37(22-20-36)39-25-29-41(30-26-39)53(40-27-23-38(24-28-40)35-13-5-2-6-14-35)42-31-32-45-47(33-42)54-51-49(45)43-15-7-8-16-44(43)52-50(51)46-17-9-10-18-48(46)55-52/h1-33H. The first-order valence-corrected chi connectivity index (χ1v) is 19.5. The van der Waals surface area contributed by atoms with Crippen molar-refractivity contribution in [2.24, 2.45) is 0 Å². The third-order valence-electron chi connectivity index (χ3n) is 10.9. The second kappa shape index (κ2) is 12.9. The van der Waals surface area contributed by atoms with Gasteiger partial charge < -0.3 is 9.32 Å². The van der Waals surface area contributed by atoms with Crippen LogP contribution in [-0.2, 0) is 0 Å². The van der Waals surface area contributed by atoms with E-state index in [0.717, 1.165) is 33.6 Å². The monoisotopic (exact) mass is 719 g/mol. The molecule has 11 aromatic rings. The summed E-state index contributed by atoms with van der Waals surface area (Å²) in [7, 11) is 0. The molecule has 3 heteroatoms. The lowest BCUT2D eigenvalue weighted by atomic mass is 9.99. The van der Waals surface area contributed by atoms with E-state index in [1.54, 1.807) is 0 Å². The summed E-state index contributed by atoms with van der Waals surface area (Å²) < 4.78 is 9.53. The molecule has 0 aliphatic heterocycles. The molecule has 0 N–H and O–H groups in total. The molecule has 0 saturated heterocycles. The number of hydrogen-bond donors (Lipinski definition) is 0. The van der Waals surface area contributed by atoms with Crippen molar-refractivity contribution in [2.75, 3.05) is 4.90 Å². The highest BCUT2D eigenvalue weighted by Gasteiger charge is 2.21. The van der Waals surface area contributed by atoms with Gasteiger partial charge in [-0.2, -0.15) is 0 Å². The molecule has 0 spiro atoms. The lowest BCUT2D eigenvalue weighted by Crippen LogP contribution is -2.09. The van der Waals surface area contributed by atoms with Crippen molar-refractivity contribution in [1.82, 2.24) is 0 Å². The van der Waals surface area contributed by atoms with Gasteiger partial charge in [0.15, 0.2) is 0 Å². The first-order chi connectivity index (χ1) is 27.3. The molecular weight excluding hydrogens is 687 g/mol. The van der Waals surface area contributed by atoms with Crippen LogP contribution in [0.25, 0.3) is 86.3 Å². The maximum absolute atomic E-state index is 6.98. The molecule has 2 aromatic heterocycles. The molecule has 0 fully saturated rings. The van der Waals surface area contributed by atoms with E-state index < -0.39 is 0 Å². The molecule has 0 saturated carbocycles. The minimum absolute atomic E-state index is 0.876. The molecule has 0 radical (unpaired) electrons. The fraction of sp³-hybridized carbons (Fsp3) is 0. The van der Waals surface area contributed by atoms with E-state index >= 15 is 0 Å². The number of benzene rings is 9. The Balaban J connectivity index is 1.05. The van der Waals surface area contributed by atoms with Gasteiger partial charge in [-0.3, -0.25) is 0 Å². The summed E-state index contributed by atoms with van der Waals surface area (Å²) in [6.45, 7) is 0. The Morgan fingerprint density at radius 3 is 1.38 bits per heavy atom. The molecule has 0 amide bonds. The molecule has 0 aliphatic rings. The fourth-order valence-corrected chi connectivity index (χ4v) is 9.44. The van der Waals surface area contributed by atoms with E-state index in [2.05, 4.69) is 205 Å². The van der Waals surface area contributed by atoms with Crippen LogP contribution in [0.3, 0.4) is 0 Å². The number of hydrogen-bond acceptors (Lipinski definition) is 3. The molecule has 9 aromatic carbocycles. The van der Waals surface area contributed by atoms with Gasteiger partial charge in [0.25, 0.3) is 0 Å². The van der Waals surface area contributed by atoms with E-state index in [-0.39, 0.29) is 0 Å². The maximum Gasteiger partial charge on any atom is 0.145 e. The molecule has 2 nitrogen and oxygen atoms in total. The number of anilines is 3. The van der Waals surface area contributed by atoms with E-state index in [1.165, 1.54) is 69.7 Å². The smallest absolute Gasteiger partial charge is 0.145 e. The summed E-state index contributed by atoms with van der Waals surface area (Å²) in [5.41, 5.74) is 12.2. The Kier molecular flexibility index (Phi) is 7.39. The van der Waals surface area contributed by atoms with Crippen LogP contribution in [0.2, 0.25) is 0 Å². The largest absolute Gasteiger partial charge is 0.455 e. The second-order valence-electron chi connectivity index (χ2n) is 14.1. The Morgan fingerprint density at radius 2 is 0.800 bits per heavy atom. The normalized spacial score (nSPS) is 11.6. The van der Waals surface area contributed by atoms with Gasteiger partial charge in [0.1, 0.15) is 11.2 Å². The topological polar surface area (TPSA) is 16.4 Å². The highest BCUT2D eigenvalue weighted by Crippen LogP contribution is 2.48. The van der Waals surface area contributed by atoms with Crippen molar-refractivity contribution in [2.45, 2.75) is 0 Å². The zero-order valence-corrected chi connectivity index (χ0v) is 30.6. The average Bonchev–Trinajstić information content (AvgIpc) is 3.84. The number of rotatable bonds is 6. The van der Waals surface area contributed by atoms with Crippen LogP contribution in [0.15, 0.2) is 205 Å². The van der Waals surface area contributed by atoms with Crippen LogP contribution in [-0.4, -0.2) is 0 Å². The zero-order valence-electron chi connectivity index (χ0n) is 29.8. The third-order valence-corrected chi connectivity index (χ3v) is 12.1. The summed E-state index contributed by atoms with van der Waals surface area (Å²) in [4.78, 5) is 2.33. The summed E-state index contributed by atoms with van der Waals surface area (Å²) in [5, 5.41) is 7.24. The van der Waals surface area contributed by atoms with Gasteiger partial charge in [-0.05, 0) is 81.2 Å². The molecule has 55 heavy (non-hydrogen) atoms. The predicted molar refractivity (Wildman–Crippen MR) is 235 cm³/mol. The first kappa shape index (κ1) is 31.6. The lowest BCUT2D eigenvalue weighted by molar-refractivity contribution is 0.673. The summed E-state index contributed by atoms with van der Waals surface area (Å²) in [6, 6.07) is 71.8. The van der Waals surface area contributed by atoms with Gasteiger partial charge in [-0.15, -0.1) is 11.3 Å². The maximum atomic E-state index is 6.98. The van der Waals surface area contributed by atoms with E-state index in [0.29, 0.717) is 0 Å². The summed E-state index contributed by atoms with van der Waals surface area (Å²) in [5.74, 6) is 0. The quantitative estimate of drug-likeness (QED) is 0.170. The zero-order chi connectivity index (χ0) is 36.3. The Labute approximate surface area is 322 Å². The Morgan fingerprint density at radius 1 is 0.345 bits per heavy atom. The Hall–Kier alpha value is -6.94. The molecule has 2 heterocycles. The van der Waals surface area contributed by atoms with E-state index in [4.69, 9.17) is 4.42 Å². The van der Waals surface area contributed by atoms with Gasteiger partial charge >= 0.3 is 0 Å². The van der Waals surface area contributed by atoms with Gasteiger partial charge in [-0.1, -0.05) is 152 Å². The molecule has 0 unspecified atom stereocenters. The van der Waals surface area contributed by atoms with Crippen molar-refractivity contribution in [1.29, 1.82) is 0 Å². The van der Waals surface area contributed by atoms with Crippen LogP contribution >= 0.6 is 11.3 Å². The highest BCUT2D eigenvalue weighted by molar-refractivity contribution is 7.27. The first-order valence-electron chi connectivity index (χ1n) is 18.7. The van der Waals surface area contributed by atoms with Crippen LogP contribution < -0.4 is 4.90 Å². The molecule has 0 atom stereocenters. The lowest BCUT2D eigenvalue weighted by Gasteiger charge is -2.26. The van der Waals surface area contributed by atoms with Gasteiger partial charge in [-0.25, -0.2) is 0 Å². The highest BCUT2D eigenvalue weighted by atomic mass is 32.1. The number of nitrogens with zero attached hydrogens (tertiary/aromatic N) is 1. The fourth-order valence-electron chi connectivity index (χ4n) is 8.20. The number of thiophene rings is 1. The van der Waals surface area contributed by atoms with Crippen molar-refractivity contribution in [3.05, 3.63) is 200 Å². The van der Waals surface area contributed by atoms with Gasteiger partial charge in [0.05, 0.1) is 0 Å². The van der Waals surface area contributed by atoms with Crippen molar-refractivity contribution in [3.8, 4) is 33.4 Å². The minimum Gasteiger partial charge on any atom is -0.455 e. The summed E-state index contributed by atoms with van der Waals surface area (Å²) in [6.07, 6.45) is 0. The second-order valence-corrected chi connectivity index (χ2v) is 15.1. The molecule has 0 aliphatic carbocycles. The van der Waals surface area contributed by atoms with Gasteiger partial charge in [0.2, 0.25) is 0 Å². The minimum atomic E-state index is 0.876. The molecule has 11 rings (SSSR count). The summed E-state index contributed by atoms with van der Waals surface area (Å²) >= 11 is 1.85. The van der Waals surface area contributed by atoms with Crippen molar-refractivity contribution < 1.29 is 4.42 Å². The van der Waals surface area contributed by atoms with E-state index in [9.17, 15) is 0 Å². The SMILES string of the molecule is c1ccc(-c2ccc(-c3ccc(N(c4ccc(-c5ccccc5)cc4)c4ccc5c(c4)oc4c5c5ccccc5c5sc6ccccc6c45)cc3)cc2)cc1. The van der Waals surface area contributed by atoms with Crippen LogP contribution in [0, 0.1) is 0 Å². The number of fused-ring (bicyclic) bond motifs is 10. The number of furan rings is 1. The van der Waals surface area contributed by atoms with Crippen LogP contribution in [0.4, 0.5) is 17.1 Å². The van der Waals surface area contributed by atoms with E-state index in [1.807, 2.05) is 11.3 Å². The Bertz CT molecular complexity index is 3160. The molecule has 0 bridgehead atoms. The predicted octanol–water partition coefficient (Wildman–Crippen LogP) is 15.6. The van der Waals surface area contributed by atoms with Crippen molar-refractivity contribution in [3.63, 3.8) is 0 Å².